The number of piperidine rings is 2. The normalized spacial score (nSPS) is 29.3. The summed E-state index contributed by atoms with van der Waals surface area (Å²) in [6.07, 6.45) is 3.78. The molecule has 2 unspecified atom stereocenters. The lowest BCUT2D eigenvalue weighted by Crippen LogP contribution is -2.55. The number of rotatable bonds is 4. The highest BCUT2D eigenvalue weighted by Crippen LogP contribution is 2.29. The number of hydrogen-bond acceptors (Lipinski definition) is 3. The first kappa shape index (κ1) is 13.8. The van der Waals surface area contributed by atoms with Gasteiger partial charge in [0.2, 0.25) is 5.91 Å². The molecular formula is C14H26N2O2. The summed E-state index contributed by atoms with van der Waals surface area (Å²) in [6.45, 7) is 7.12. The van der Waals surface area contributed by atoms with Gasteiger partial charge in [-0.3, -0.25) is 4.79 Å². The summed E-state index contributed by atoms with van der Waals surface area (Å²) >= 11 is 0. The van der Waals surface area contributed by atoms with Crippen LogP contribution >= 0.6 is 0 Å². The van der Waals surface area contributed by atoms with Crippen LogP contribution in [0.4, 0.5) is 0 Å². The number of nitrogens with one attached hydrogen (secondary N) is 1. The van der Waals surface area contributed by atoms with Crippen molar-refractivity contribution in [3.05, 3.63) is 0 Å². The summed E-state index contributed by atoms with van der Waals surface area (Å²) in [7, 11) is 1.74. The first-order valence-electron chi connectivity index (χ1n) is 7.09. The first-order valence-corrected chi connectivity index (χ1v) is 7.09. The Labute approximate surface area is 110 Å². The van der Waals surface area contributed by atoms with Gasteiger partial charge in [-0.15, -0.1) is 0 Å². The Bertz CT molecular complexity index is 304. The Kier molecular flexibility index (Phi) is 4.28. The first-order chi connectivity index (χ1) is 8.53. The van der Waals surface area contributed by atoms with Crippen molar-refractivity contribution in [2.45, 2.75) is 51.2 Å². The summed E-state index contributed by atoms with van der Waals surface area (Å²) in [4.78, 5) is 14.2. The molecule has 2 aliphatic rings. The molecule has 0 aromatic heterocycles. The number of carbonyl (C=O) groups is 1. The second-order valence-corrected chi connectivity index (χ2v) is 6.16. The van der Waals surface area contributed by atoms with Crippen molar-refractivity contribution in [3.8, 4) is 0 Å². The van der Waals surface area contributed by atoms with Crippen molar-refractivity contribution in [3.63, 3.8) is 0 Å². The van der Waals surface area contributed by atoms with E-state index < -0.39 is 0 Å². The van der Waals surface area contributed by atoms with E-state index in [1.165, 1.54) is 0 Å². The molecule has 0 spiro atoms. The lowest BCUT2D eigenvalue weighted by Gasteiger charge is -2.45. The van der Waals surface area contributed by atoms with Gasteiger partial charge in [0.15, 0.2) is 0 Å². The molecule has 2 saturated heterocycles. The summed E-state index contributed by atoms with van der Waals surface area (Å²) in [5.41, 5.74) is -0.139. The minimum Gasteiger partial charge on any atom is -0.379 e. The third-order valence-electron chi connectivity index (χ3n) is 4.52. The number of fused-ring (bicyclic) bond motifs is 1. The molecule has 0 aromatic rings. The molecule has 0 aromatic carbocycles. The van der Waals surface area contributed by atoms with Crippen LogP contribution in [0.15, 0.2) is 0 Å². The van der Waals surface area contributed by atoms with Crippen molar-refractivity contribution >= 4 is 5.91 Å². The molecule has 0 aliphatic carbocycles. The number of methoxy groups -OCH3 is 1. The molecule has 2 heterocycles. The average molecular weight is 254 g/mol. The van der Waals surface area contributed by atoms with E-state index >= 15 is 0 Å². The van der Waals surface area contributed by atoms with Crippen molar-refractivity contribution in [2.75, 3.05) is 26.7 Å². The number of amides is 1. The molecule has 18 heavy (non-hydrogen) atoms. The van der Waals surface area contributed by atoms with Gasteiger partial charge < -0.3 is 15.0 Å². The molecular weight excluding hydrogens is 228 g/mol. The van der Waals surface area contributed by atoms with E-state index in [1.807, 2.05) is 0 Å². The molecule has 2 atom stereocenters. The number of nitrogens with zero attached hydrogens (tertiary/aromatic N) is 1. The quantitative estimate of drug-likeness (QED) is 0.824. The van der Waals surface area contributed by atoms with Crippen LogP contribution in [-0.2, 0) is 9.53 Å². The predicted molar refractivity (Wildman–Crippen MR) is 71.4 cm³/mol. The van der Waals surface area contributed by atoms with Gasteiger partial charge in [0.05, 0.1) is 5.60 Å². The second kappa shape index (κ2) is 5.57. The molecule has 0 radical (unpaired) electrons. The van der Waals surface area contributed by atoms with Crippen molar-refractivity contribution < 1.29 is 9.53 Å². The van der Waals surface area contributed by atoms with Crippen LogP contribution in [0.5, 0.6) is 0 Å². The van der Waals surface area contributed by atoms with Gasteiger partial charge in [0, 0.05) is 26.1 Å². The molecule has 0 saturated carbocycles. The summed E-state index contributed by atoms with van der Waals surface area (Å²) in [5, 5.41) is 3.44. The largest absolute Gasteiger partial charge is 0.379 e. The van der Waals surface area contributed by atoms with Crippen LogP contribution in [0.3, 0.4) is 0 Å². The van der Waals surface area contributed by atoms with Gasteiger partial charge >= 0.3 is 0 Å². The van der Waals surface area contributed by atoms with Crippen LogP contribution in [-0.4, -0.2) is 49.2 Å². The highest BCUT2D eigenvalue weighted by atomic mass is 16.5. The van der Waals surface area contributed by atoms with Crippen LogP contribution in [0, 0.1) is 5.92 Å². The minimum atomic E-state index is -0.139. The van der Waals surface area contributed by atoms with Crippen LogP contribution in [0.25, 0.3) is 0 Å². The Morgan fingerprint density at radius 3 is 2.94 bits per heavy atom. The summed E-state index contributed by atoms with van der Waals surface area (Å²) < 4.78 is 5.45. The summed E-state index contributed by atoms with van der Waals surface area (Å²) in [6, 6.07) is 0.458. The Hall–Kier alpha value is -0.610. The molecule has 2 rings (SSSR count). The van der Waals surface area contributed by atoms with E-state index in [9.17, 15) is 4.79 Å². The lowest BCUT2D eigenvalue weighted by atomic mass is 9.84. The molecule has 0 bridgehead atoms. The monoisotopic (exact) mass is 254 g/mol. The van der Waals surface area contributed by atoms with Crippen molar-refractivity contribution in [2.24, 2.45) is 5.92 Å². The zero-order valence-electron chi connectivity index (χ0n) is 11.9. The van der Waals surface area contributed by atoms with Gasteiger partial charge in [0.1, 0.15) is 0 Å². The number of hydrogen-bond donors (Lipinski definition) is 1. The molecule has 1 N–H and O–H groups in total. The zero-order valence-corrected chi connectivity index (χ0v) is 11.9. The molecule has 1 amide bonds. The maximum Gasteiger partial charge on any atom is 0.222 e. The van der Waals surface area contributed by atoms with Crippen molar-refractivity contribution in [1.29, 1.82) is 0 Å². The van der Waals surface area contributed by atoms with Crippen LogP contribution in [0.1, 0.15) is 39.5 Å². The molecule has 4 nitrogen and oxygen atoms in total. The number of ether oxygens (including phenoxy) is 1. The standard InChI is InChI=1S/C14H26N2O2/c1-14(2,18-3)7-9-16-12-6-8-15-10-11(12)4-5-13(16)17/h11-12,15H,4-10H2,1-3H3. The fourth-order valence-electron chi connectivity index (χ4n) is 3.03. The number of likely N-dealkylation sites (tertiary alicyclic amines) is 1. The Morgan fingerprint density at radius 2 is 2.22 bits per heavy atom. The van der Waals surface area contributed by atoms with Gasteiger partial charge in [-0.1, -0.05) is 0 Å². The third kappa shape index (κ3) is 3.04. The topological polar surface area (TPSA) is 41.6 Å². The Morgan fingerprint density at radius 1 is 1.44 bits per heavy atom. The highest BCUT2D eigenvalue weighted by molar-refractivity contribution is 5.77. The fraction of sp³-hybridized carbons (Fsp3) is 0.929. The fourth-order valence-corrected chi connectivity index (χ4v) is 3.03. The molecule has 4 heteroatoms. The van der Waals surface area contributed by atoms with Gasteiger partial charge in [0.25, 0.3) is 0 Å². The van der Waals surface area contributed by atoms with Crippen molar-refractivity contribution in [1.82, 2.24) is 10.2 Å². The lowest BCUT2D eigenvalue weighted by molar-refractivity contribution is -0.140. The predicted octanol–water partition coefficient (Wildman–Crippen LogP) is 1.40. The van der Waals surface area contributed by atoms with E-state index in [4.69, 9.17) is 4.74 Å². The van der Waals surface area contributed by atoms with E-state index in [0.717, 1.165) is 45.3 Å². The van der Waals surface area contributed by atoms with E-state index in [1.54, 1.807) is 7.11 Å². The van der Waals surface area contributed by atoms with Crippen LogP contribution < -0.4 is 5.32 Å². The molecule has 2 fully saturated rings. The SMILES string of the molecule is COC(C)(C)CCN1C(=O)CCC2CNCCC21. The maximum atomic E-state index is 12.1. The average Bonchev–Trinajstić information content (AvgIpc) is 2.37. The van der Waals surface area contributed by atoms with E-state index in [-0.39, 0.29) is 5.60 Å². The third-order valence-corrected chi connectivity index (χ3v) is 4.52. The number of carbonyl (C=O) groups excluding carboxylic acids is 1. The smallest absolute Gasteiger partial charge is 0.222 e. The molecule has 2 aliphatic heterocycles. The Balaban J connectivity index is 1.97. The van der Waals surface area contributed by atoms with Gasteiger partial charge in [-0.2, -0.15) is 0 Å². The van der Waals surface area contributed by atoms with E-state index in [0.29, 0.717) is 17.9 Å². The minimum absolute atomic E-state index is 0.139. The zero-order chi connectivity index (χ0) is 13.2. The van der Waals surface area contributed by atoms with Crippen LogP contribution in [0.2, 0.25) is 0 Å². The summed E-state index contributed by atoms with van der Waals surface area (Å²) in [5.74, 6) is 0.993. The second-order valence-electron chi connectivity index (χ2n) is 6.16. The van der Waals surface area contributed by atoms with Gasteiger partial charge in [-0.05, 0) is 52.1 Å². The maximum absolute atomic E-state index is 12.1. The van der Waals surface area contributed by atoms with E-state index in [2.05, 4.69) is 24.1 Å². The highest BCUT2D eigenvalue weighted by Gasteiger charge is 2.37. The van der Waals surface area contributed by atoms with Gasteiger partial charge in [-0.25, -0.2) is 0 Å². The molecule has 104 valence electrons.